The van der Waals surface area contributed by atoms with E-state index in [1.807, 2.05) is 0 Å². The van der Waals surface area contributed by atoms with E-state index in [0.717, 1.165) is 24.8 Å². The maximum atomic E-state index is 6.22. The summed E-state index contributed by atoms with van der Waals surface area (Å²) in [7, 11) is 0. The summed E-state index contributed by atoms with van der Waals surface area (Å²) in [6.07, 6.45) is 5.00. The first-order chi connectivity index (χ1) is 7.78. The second-order valence-corrected chi connectivity index (χ2v) is 7.33. The molecule has 0 bridgehead atoms. The van der Waals surface area contributed by atoms with Crippen LogP contribution in [-0.4, -0.2) is 30.1 Å². The van der Waals surface area contributed by atoms with E-state index in [2.05, 4.69) is 39.5 Å². The fourth-order valence-electron chi connectivity index (χ4n) is 3.01. The Balaban J connectivity index is 2.26. The predicted octanol–water partition coefficient (Wildman–Crippen LogP) is 3.26. The van der Waals surface area contributed by atoms with Crippen LogP contribution < -0.4 is 5.73 Å². The van der Waals surface area contributed by atoms with Crippen LogP contribution in [-0.2, 0) is 0 Å². The highest BCUT2D eigenvalue weighted by atomic mass is 15.2. The number of likely N-dealkylation sites (tertiary alicyclic amines) is 1. The number of piperidine rings is 1. The molecule has 0 radical (unpaired) electrons. The molecule has 0 saturated carbocycles. The Bertz CT molecular complexity index is 219. The molecule has 102 valence electrons. The summed E-state index contributed by atoms with van der Waals surface area (Å²) < 4.78 is 0. The number of nitrogens with two attached hydrogens (primary N) is 1. The Labute approximate surface area is 108 Å². The molecule has 1 heterocycles. The van der Waals surface area contributed by atoms with Gasteiger partial charge in [-0.15, -0.1) is 0 Å². The molecule has 3 atom stereocenters. The van der Waals surface area contributed by atoms with Gasteiger partial charge >= 0.3 is 0 Å². The maximum absolute atomic E-state index is 6.22. The molecule has 1 saturated heterocycles. The van der Waals surface area contributed by atoms with Crippen LogP contribution in [0.25, 0.3) is 0 Å². The van der Waals surface area contributed by atoms with Crippen LogP contribution in [0.5, 0.6) is 0 Å². The van der Waals surface area contributed by atoms with Gasteiger partial charge in [0, 0.05) is 12.1 Å². The van der Waals surface area contributed by atoms with Crippen molar-refractivity contribution < 1.29 is 0 Å². The number of hydrogen-bond acceptors (Lipinski definition) is 2. The Morgan fingerprint density at radius 2 is 1.94 bits per heavy atom. The van der Waals surface area contributed by atoms with Crippen molar-refractivity contribution in [2.24, 2.45) is 17.1 Å². The highest BCUT2D eigenvalue weighted by Crippen LogP contribution is 2.24. The zero-order valence-electron chi connectivity index (χ0n) is 12.5. The summed E-state index contributed by atoms with van der Waals surface area (Å²) in [5, 5.41) is 0. The lowest BCUT2D eigenvalue weighted by Crippen LogP contribution is -2.42. The van der Waals surface area contributed by atoms with Gasteiger partial charge in [-0.1, -0.05) is 27.7 Å². The Morgan fingerprint density at radius 3 is 2.47 bits per heavy atom. The van der Waals surface area contributed by atoms with E-state index < -0.39 is 0 Å². The molecule has 0 amide bonds. The van der Waals surface area contributed by atoms with Crippen molar-refractivity contribution in [3.63, 3.8) is 0 Å². The smallest absolute Gasteiger partial charge is 0.00694 e. The van der Waals surface area contributed by atoms with Gasteiger partial charge in [-0.25, -0.2) is 0 Å². The molecule has 0 aliphatic carbocycles. The van der Waals surface area contributed by atoms with E-state index in [9.17, 15) is 0 Å². The van der Waals surface area contributed by atoms with Crippen LogP contribution in [0.1, 0.15) is 60.3 Å². The van der Waals surface area contributed by atoms with Crippen molar-refractivity contribution in [2.75, 3.05) is 13.1 Å². The molecule has 0 aromatic rings. The van der Waals surface area contributed by atoms with E-state index in [4.69, 9.17) is 5.73 Å². The van der Waals surface area contributed by atoms with Crippen molar-refractivity contribution in [2.45, 2.75) is 72.4 Å². The first kappa shape index (κ1) is 15.0. The van der Waals surface area contributed by atoms with E-state index in [1.54, 1.807) is 0 Å². The van der Waals surface area contributed by atoms with Gasteiger partial charge in [-0.3, -0.25) is 0 Å². The maximum Gasteiger partial charge on any atom is 0.00694 e. The summed E-state index contributed by atoms with van der Waals surface area (Å²) in [5.41, 5.74) is 6.59. The minimum atomic E-state index is 0.363. The molecule has 2 heteroatoms. The van der Waals surface area contributed by atoms with Crippen LogP contribution >= 0.6 is 0 Å². The quantitative estimate of drug-likeness (QED) is 0.817. The Hall–Kier alpha value is -0.0800. The molecule has 0 aromatic heterocycles. The third-order valence-corrected chi connectivity index (χ3v) is 3.94. The third-order valence-electron chi connectivity index (χ3n) is 3.94. The summed E-state index contributed by atoms with van der Waals surface area (Å²) >= 11 is 0. The first-order valence-electron chi connectivity index (χ1n) is 7.27. The number of hydrogen-bond donors (Lipinski definition) is 1. The van der Waals surface area contributed by atoms with Crippen LogP contribution in [0, 0.1) is 11.3 Å². The molecule has 17 heavy (non-hydrogen) atoms. The van der Waals surface area contributed by atoms with Crippen molar-refractivity contribution >= 4 is 0 Å². The van der Waals surface area contributed by atoms with E-state index >= 15 is 0 Å². The van der Waals surface area contributed by atoms with Crippen molar-refractivity contribution in [1.29, 1.82) is 0 Å². The van der Waals surface area contributed by atoms with Crippen LogP contribution in [0.4, 0.5) is 0 Å². The lowest BCUT2D eigenvalue weighted by Gasteiger charge is -2.37. The average molecular weight is 240 g/mol. The Morgan fingerprint density at radius 1 is 1.29 bits per heavy atom. The summed E-state index contributed by atoms with van der Waals surface area (Å²) in [5.74, 6) is 0.907. The standard InChI is InChI=1S/C15H32N2/c1-12-6-8-17(13(2)10-12)9-7-14(16)11-15(3,4)5/h12-14H,6-11,16H2,1-5H3. The summed E-state index contributed by atoms with van der Waals surface area (Å²) in [6.45, 7) is 14.0. The van der Waals surface area contributed by atoms with E-state index in [-0.39, 0.29) is 0 Å². The fraction of sp³-hybridized carbons (Fsp3) is 1.00. The van der Waals surface area contributed by atoms with Crippen LogP contribution in [0.3, 0.4) is 0 Å². The molecule has 1 rings (SSSR count). The van der Waals surface area contributed by atoms with E-state index in [1.165, 1.54) is 25.9 Å². The fourth-order valence-corrected chi connectivity index (χ4v) is 3.01. The molecular formula is C15H32N2. The first-order valence-corrected chi connectivity index (χ1v) is 7.27. The minimum absolute atomic E-state index is 0.363. The Kier molecular flexibility index (Phi) is 5.46. The molecule has 2 N–H and O–H groups in total. The average Bonchev–Trinajstić information content (AvgIpc) is 2.13. The third kappa shape index (κ3) is 5.87. The normalized spacial score (nSPS) is 29.3. The largest absolute Gasteiger partial charge is 0.328 e. The van der Waals surface area contributed by atoms with Crippen LogP contribution in [0.15, 0.2) is 0 Å². The lowest BCUT2D eigenvalue weighted by molar-refractivity contribution is 0.123. The summed E-state index contributed by atoms with van der Waals surface area (Å²) in [4.78, 5) is 2.63. The number of nitrogens with zero attached hydrogens (tertiary/aromatic N) is 1. The molecular weight excluding hydrogens is 208 g/mol. The molecule has 1 aliphatic heterocycles. The van der Waals surface area contributed by atoms with Crippen LogP contribution in [0.2, 0.25) is 0 Å². The number of rotatable bonds is 4. The highest BCUT2D eigenvalue weighted by Gasteiger charge is 2.23. The van der Waals surface area contributed by atoms with Gasteiger partial charge in [0.1, 0.15) is 0 Å². The van der Waals surface area contributed by atoms with E-state index in [0.29, 0.717) is 11.5 Å². The zero-order valence-corrected chi connectivity index (χ0v) is 12.5. The summed E-state index contributed by atoms with van der Waals surface area (Å²) in [6, 6.07) is 1.11. The zero-order chi connectivity index (χ0) is 13.1. The molecule has 0 aromatic carbocycles. The van der Waals surface area contributed by atoms with Gasteiger partial charge in [-0.05, 0) is 57.0 Å². The molecule has 3 unspecified atom stereocenters. The van der Waals surface area contributed by atoms with Gasteiger partial charge in [-0.2, -0.15) is 0 Å². The van der Waals surface area contributed by atoms with Gasteiger partial charge in [0.15, 0.2) is 0 Å². The monoisotopic (exact) mass is 240 g/mol. The lowest BCUT2D eigenvalue weighted by atomic mass is 9.87. The highest BCUT2D eigenvalue weighted by molar-refractivity contribution is 4.79. The van der Waals surface area contributed by atoms with Gasteiger partial charge in [0.2, 0.25) is 0 Å². The molecule has 1 aliphatic rings. The second-order valence-electron chi connectivity index (χ2n) is 7.33. The minimum Gasteiger partial charge on any atom is -0.328 e. The molecule has 1 fully saturated rings. The van der Waals surface area contributed by atoms with Crippen molar-refractivity contribution in [3.05, 3.63) is 0 Å². The van der Waals surface area contributed by atoms with Gasteiger partial charge < -0.3 is 10.6 Å². The van der Waals surface area contributed by atoms with Gasteiger partial charge in [0.25, 0.3) is 0 Å². The topological polar surface area (TPSA) is 29.3 Å². The SMILES string of the molecule is CC1CCN(CCC(N)CC(C)(C)C)C(C)C1. The van der Waals surface area contributed by atoms with Crippen molar-refractivity contribution in [3.8, 4) is 0 Å². The molecule has 0 spiro atoms. The molecule has 2 nitrogen and oxygen atoms in total. The van der Waals surface area contributed by atoms with Crippen molar-refractivity contribution in [1.82, 2.24) is 4.90 Å². The van der Waals surface area contributed by atoms with Gasteiger partial charge in [0.05, 0.1) is 0 Å². The second kappa shape index (κ2) is 6.19. The predicted molar refractivity (Wildman–Crippen MR) is 76.1 cm³/mol.